The second-order valence-corrected chi connectivity index (χ2v) is 14.5. The molecule has 2 rings (SSSR count). The largest absolute Gasteiger partial charge is 0.295 e. The van der Waals surface area contributed by atoms with Crippen molar-refractivity contribution in [1.29, 1.82) is 0 Å². The first kappa shape index (κ1) is 36.7. The summed E-state index contributed by atoms with van der Waals surface area (Å²) in [6, 6.07) is 0. The molecule has 2 saturated heterocycles. The van der Waals surface area contributed by atoms with Gasteiger partial charge in [-0.3, -0.25) is 9.98 Å². The van der Waals surface area contributed by atoms with E-state index in [1.807, 2.05) is 20.8 Å². The van der Waals surface area contributed by atoms with Crippen molar-refractivity contribution in [3.8, 4) is 0 Å². The fraction of sp³-hybridized carbons (Fsp3) is 0.929. The Morgan fingerprint density at radius 1 is 0.703 bits per heavy atom. The summed E-state index contributed by atoms with van der Waals surface area (Å²) in [5.41, 5.74) is 0.269. The molecule has 0 radical (unpaired) electrons. The monoisotopic (exact) mass is 564 g/mol. The van der Waals surface area contributed by atoms with Crippen LogP contribution >= 0.6 is 23.2 Å². The second-order valence-electron chi connectivity index (χ2n) is 13.7. The quantitative estimate of drug-likeness (QED) is 0.214. The highest BCUT2D eigenvalue weighted by atomic mass is 35.5. The van der Waals surface area contributed by atoms with Crippen molar-refractivity contribution < 1.29 is 4.92 Å². The van der Waals surface area contributed by atoms with Crippen LogP contribution in [0.2, 0.25) is 0 Å². The molecule has 37 heavy (non-hydrogen) atoms. The molecule has 0 aromatic heterocycles. The lowest BCUT2D eigenvalue weighted by Gasteiger charge is -2.55. The second kappa shape index (κ2) is 15.5. The van der Waals surface area contributed by atoms with E-state index in [2.05, 4.69) is 99.3 Å². The van der Waals surface area contributed by atoms with Crippen molar-refractivity contribution in [3.63, 3.8) is 0 Å². The van der Waals surface area contributed by atoms with Crippen LogP contribution in [0.4, 0.5) is 0 Å². The van der Waals surface area contributed by atoms with Gasteiger partial charge in [-0.05, 0) is 79.1 Å². The highest BCUT2D eigenvalue weighted by Crippen LogP contribution is 2.42. The Morgan fingerprint density at radius 2 is 1.05 bits per heavy atom. The molecule has 2 aliphatic heterocycles. The third kappa shape index (κ3) is 11.4. The molecule has 0 bridgehead atoms. The highest BCUT2D eigenvalue weighted by molar-refractivity contribution is 6.40. The van der Waals surface area contributed by atoms with E-state index in [0.717, 1.165) is 44.2 Å². The molecule has 0 amide bonds. The van der Waals surface area contributed by atoms with Gasteiger partial charge in [-0.2, -0.15) is 0 Å². The van der Waals surface area contributed by atoms with E-state index >= 15 is 0 Å². The van der Waals surface area contributed by atoms with Crippen LogP contribution in [0.5, 0.6) is 0 Å². The third-order valence-corrected chi connectivity index (χ3v) is 5.92. The lowest BCUT2D eigenvalue weighted by Crippen LogP contribution is -2.79. The first-order valence-corrected chi connectivity index (χ1v) is 14.9. The Balaban J connectivity index is 0.000000904. The van der Waals surface area contributed by atoms with Gasteiger partial charge in [-0.25, -0.2) is 0 Å². The predicted molar refractivity (Wildman–Crippen MR) is 165 cm³/mol. The molecule has 9 heteroatoms. The minimum Gasteiger partial charge on any atom is -0.295 e. The Bertz CT molecular complexity index is 646. The number of hydrogen-bond donors (Lipinski definition) is 0. The van der Waals surface area contributed by atoms with Gasteiger partial charge in [0.25, 0.3) is 0 Å². The zero-order chi connectivity index (χ0) is 29.2. The molecule has 0 saturated carbocycles. The summed E-state index contributed by atoms with van der Waals surface area (Å²) < 4.78 is 0. The number of alkyl halides is 2. The Labute approximate surface area is 240 Å². The molecule has 1 spiro atoms. The first-order valence-electron chi connectivity index (χ1n) is 13.8. The van der Waals surface area contributed by atoms with Crippen LogP contribution in [0.15, 0.2) is 9.98 Å². The van der Waals surface area contributed by atoms with Crippen molar-refractivity contribution in [1.82, 2.24) is 20.0 Å². The van der Waals surface area contributed by atoms with E-state index in [-0.39, 0.29) is 22.0 Å². The van der Waals surface area contributed by atoms with Crippen molar-refractivity contribution in [2.45, 2.75) is 107 Å². The molecule has 2 fully saturated rings. The van der Waals surface area contributed by atoms with E-state index in [4.69, 9.17) is 23.2 Å². The van der Waals surface area contributed by atoms with Gasteiger partial charge < -0.3 is 0 Å². The van der Waals surface area contributed by atoms with E-state index in [0.29, 0.717) is 11.8 Å². The minimum absolute atomic E-state index is 0.0290. The van der Waals surface area contributed by atoms with Gasteiger partial charge in [-0.1, -0.05) is 47.7 Å². The first-order chi connectivity index (χ1) is 16.8. The SMILES string of the molecule is CC(C)CN1CCN(C(C)(C)C)[N+]12N(CC(C)C)CCN2C(C)(C)C.CN=CC=NC(C)(C)C.ClCCl. The summed E-state index contributed by atoms with van der Waals surface area (Å²) in [5.74, 6) is 1.33. The Hall–Kier alpha value is -0.280. The van der Waals surface area contributed by atoms with Gasteiger partial charge in [0, 0.05) is 19.5 Å². The lowest BCUT2D eigenvalue weighted by molar-refractivity contribution is -1.27. The smallest absolute Gasteiger partial charge is 0.0967 e. The molecule has 2 aliphatic rings. The van der Waals surface area contributed by atoms with Crippen LogP contribution in [0.25, 0.3) is 0 Å². The molecule has 0 aromatic rings. The highest BCUT2D eigenvalue weighted by Gasteiger charge is 2.66. The van der Waals surface area contributed by atoms with E-state index in [1.54, 1.807) is 19.5 Å². The van der Waals surface area contributed by atoms with Crippen LogP contribution in [0.3, 0.4) is 0 Å². The molecule has 0 atom stereocenters. The average molecular weight is 566 g/mol. The number of halogens is 2. The van der Waals surface area contributed by atoms with Gasteiger partial charge in [0.15, 0.2) is 0 Å². The maximum atomic E-state index is 4.76. The van der Waals surface area contributed by atoms with Crippen molar-refractivity contribution in [2.75, 3.05) is 51.7 Å². The van der Waals surface area contributed by atoms with Crippen LogP contribution in [-0.4, -0.2) is 106 Å². The maximum absolute atomic E-state index is 4.76. The fourth-order valence-electron chi connectivity index (χ4n) is 4.92. The molecule has 0 N–H and O–H groups in total. The number of hydrogen-bond acceptors (Lipinski definition) is 6. The maximum Gasteiger partial charge on any atom is 0.0967 e. The van der Waals surface area contributed by atoms with Gasteiger partial charge >= 0.3 is 0 Å². The van der Waals surface area contributed by atoms with Gasteiger partial charge in [0.1, 0.15) is 0 Å². The van der Waals surface area contributed by atoms with E-state index in [1.165, 1.54) is 0 Å². The zero-order valence-electron chi connectivity index (χ0n) is 26.6. The Kier molecular flexibility index (Phi) is 15.4. The average Bonchev–Trinajstić information content (AvgIpc) is 3.24. The van der Waals surface area contributed by atoms with Gasteiger partial charge in [0.05, 0.1) is 61.2 Å². The van der Waals surface area contributed by atoms with Crippen molar-refractivity contribution in [2.24, 2.45) is 21.8 Å². The molecule has 2 heterocycles. The van der Waals surface area contributed by atoms with Gasteiger partial charge in [-0.15, -0.1) is 23.2 Å². The molecule has 220 valence electrons. The molecule has 0 aromatic carbocycles. The van der Waals surface area contributed by atoms with Gasteiger partial charge in [0.2, 0.25) is 0 Å². The van der Waals surface area contributed by atoms with Crippen LogP contribution in [-0.2, 0) is 0 Å². The molecule has 7 nitrogen and oxygen atoms in total. The normalized spacial score (nSPS) is 20.4. The summed E-state index contributed by atoms with van der Waals surface area (Å²) >= 11 is 9.53. The predicted octanol–water partition coefficient (Wildman–Crippen LogP) is 6.59. The Morgan fingerprint density at radius 3 is 1.30 bits per heavy atom. The summed E-state index contributed by atoms with van der Waals surface area (Å²) in [7, 11) is 1.73. The van der Waals surface area contributed by atoms with Crippen molar-refractivity contribution in [3.05, 3.63) is 0 Å². The summed E-state index contributed by atoms with van der Waals surface area (Å²) in [6.07, 6.45) is 3.41. The molecule has 0 unspecified atom stereocenters. The van der Waals surface area contributed by atoms with Crippen LogP contribution in [0.1, 0.15) is 90.0 Å². The summed E-state index contributed by atoms with van der Waals surface area (Å²) in [5, 5.41) is 11.1. The topological polar surface area (TPSA) is 37.7 Å². The fourth-order valence-corrected chi connectivity index (χ4v) is 4.92. The van der Waals surface area contributed by atoms with E-state index < -0.39 is 0 Å². The number of quaternary nitrogens is 1. The van der Waals surface area contributed by atoms with Crippen LogP contribution in [0, 0.1) is 11.8 Å². The number of rotatable bonds is 5. The molecule has 0 aliphatic carbocycles. The third-order valence-electron chi connectivity index (χ3n) is 5.92. The lowest BCUT2D eigenvalue weighted by atomic mass is 10.1. The van der Waals surface area contributed by atoms with Crippen molar-refractivity contribution >= 4 is 35.6 Å². The van der Waals surface area contributed by atoms with E-state index in [9.17, 15) is 0 Å². The zero-order valence-corrected chi connectivity index (χ0v) is 28.2. The van der Waals surface area contributed by atoms with Crippen LogP contribution < -0.4 is 0 Å². The number of aliphatic imine (C=N–C) groups is 2. The minimum atomic E-state index is 0.0290. The standard InChI is InChI=1S/C20H44N5.C7H14N2.CH2Cl2/c1-17(2)15-21-11-13-23(19(5,6)7)25(21)22(16-18(3)4)12-14-24(25)20(8,9)10;1-7(2,3)9-6-5-8-4;2-1-3/h17-18H,11-16H2,1-10H3;5-6H,1-4H3;1H2/q+1;;. The molecular weight excluding hydrogens is 505 g/mol. The summed E-state index contributed by atoms with van der Waals surface area (Å²) in [6.45, 7) is 36.6. The summed E-state index contributed by atoms with van der Waals surface area (Å²) in [4.78, 5) is 8.75. The number of nitrogens with zero attached hydrogens (tertiary/aromatic N) is 7. The molecular formula is C28H60Cl2N7+.